The lowest BCUT2D eigenvalue weighted by atomic mass is 9.83. The molecular formula is C33H39N3O2SSi. The molecule has 4 aromatic rings. The molecule has 1 N–H and O–H groups in total. The summed E-state index contributed by atoms with van der Waals surface area (Å²) < 4.78 is 1.07. The third-order valence-electron chi connectivity index (χ3n) is 8.21. The van der Waals surface area contributed by atoms with Gasteiger partial charge in [-0.15, -0.1) is 11.8 Å². The van der Waals surface area contributed by atoms with Crippen LogP contribution in [-0.4, -0.2) is 45.4 Å². The van der Waals surface area contributed by atoms with Gasteiger partial charge >= 0.3 is 0 Å². The predicted octanol–water partition coefficient (Wildman–Crippen LogP) is 6.37. The van der Waals surface area contributed by atoms with Crippen molar-refractivity contribution in [3.05, 3.63) is 126 Å². The Morgan fingerprint density at radius 2 is 1.30 bits per heavy atom. The summed E-state index contributed by atoms with van der Waals surface area (Å²) in [6.07, 6.45) is 0.840. The van der Waals surface area contributed by atoms with Crippen LogP contribution < -0.4 is 0 Å². The molecule has 40 heavy (non-hydrogen) atoms. The molecular weight excluding hydrogens is 531 g/mol. The van der Waals surface area contributed by atoms with Gasteiger partial charge in [0, 0.05) is 18.8 Å². The number of rotatable bonds is 8. The summed E-state index contributed by atoms with van der Waals surface area (Å²) in [6.45, 7) is 10.6. The highest BCUT2D eigenvalue weighted by atomic mass is 32.2. The van der Waals surface area contributed by atoms with E-state index in [-0.39, 0.29) is 11.3 Å². The Labute approximate surface area is 243 Å². The Hall–Kier alpha value is -3.13. The van der Waals surface area contributed by atoms with E-state index in [2.05, 4.69) is 112 Å². The third kappa shape index (κ3) is 4.44. The molecule has 5 nitrogen and oxygen atoms in total. The van der Waals surface area contributed by atoms with Gasteiger partial charge in [0.15, 0.2) is 0 Å². The standard InChI is InChI=1S/C33H39N3O2SSi/c1-31(2,3)36-29(38)33(40(5)6,28(37)27-22-23-35(4)34-27)30(36)39-32(24-16-10-7-11-17-24,25-18-12-8-13-19-25)26-20-14-9-15-21-26/h7-23,28,30,37,40H,1-6H3. The van der Waals surface area contributed by atoms with Gasteiger partial charge in [-0.1, -0.05) is 104 Å². The minimum atomic E-state index is -1.84. The summed E-state index contributed by atoms with van der Waals surface area (Å²) in [6, 6.07) is 33.5. The molecule has 0 aliphatic carbocycles. The van der Waals surface area contributed by atoms with E-state index in [0.29, 0.717) is 5.69 Å². The molecule has 3 atom stereocenters. The first-order chi connectivity index (χ1) is 19.0. The number of thioether (sulfide) groups is 1. The van der Waals surface area contributed by atoms with Crippen LogP contribution in [0.3, 0.4) is 0 Å². The van der Waals surface area contributed by atoms with Gasteiger partial charge in [0.25, 0.3) is 0 Å². The second-order valence-electron chi connectivity index (χ2n) is 12.0. The van der Waals surface area contributed by atoms with E-state index in [1.54, 1.807) is 16.4 Å². The van der Waals surface area contributed by atoms with Gasteiger partial charge in [-0.25, -0.2) is 0 Å². The third-order valence-corrected chi connectivity index (χ3v) is 13.1. The lowest BCUT2D eigenvalue weighted by Crippen LogP contribution is -2.74. The molecule has 1 amide bonds. The van der Waals surface area contributed by atoms with Crippen molar-refractivity contribution >= 4 is 26.5 Å². The van der Waals surface area contributed by atoms with Gasteiger partial charge in [0.1, 0.15) is 6.10 Å². The Morgan fingerprint density at radius 3 is 1.65 bits per heavy atom. The normalized spacial score (nSPS) is 20.4. The molecule has 0 spiro atoms. The minimum Gasteiger partial charge on any atom is -0.386 e. The van der Waals surface area contributed by atoms with E-state index < -0.39 is 30.2 Å². The molecule has 1 saturated heterocycles. The molecule has 208 valence electrons. The van der Waals surface area contributed by atoms with Crippen molar-refractivity contribution < 1.29 is 9.90 Å². The Morgan fingerprint density at radius 1 is 0.850 bits per heavy atom. The number of amides is 1. The van der Waals surface area contributed by atoms with Gasteiger partial charge in [-0.3, -0.25) is 9.48 Å². The number of benzene rings is 3. The molecule has 2 heterocycles. The van der Waals surface area contributed by atoms with E-state index in [0.717, 1.165) is 16.7 Å². The maximum atomic E-state index is 14.5. The number of hydrogen-bond acceptors (Lipinski definition) is 4. The predicted molar refractivity (Wildman–Crippen MR) is 167 cm³/mol. The van der Waals surface area contributed by atoms with Gasteiger partial charge in [0.05, 0.1) is 29.6 Å². The molecule has 7 heteroatoms. The van der Waals surface area contributed by atoms with Gasteiger partial charge in [-0.05, 0) is 43.5 Å². The maximum absolute atomic E-state index is 14.5. The minimum absolute atomic E-state index is 0.0282. The number of carbonyl (C=O) groups is 1. The van der Waals surface area contributed by atoms with Gasteiger partial charge in [-0.2, -0.15) is 5.10 Å². The molecule has 0 bridgehead atoms. The van der Waals surface area contributed by atoms with Crippen molar-refractivity contribution in [2.45, 2.75) is 60.7 Å². The fourth-order valence-electron chi connectivity index (χ4n) is 6.19. The van der Waals surface area contributed by atoms with Crippen molar-refractivity contribution in [2.75, 3.05) is 0 Å². The lowest BCUT2D eigenvalue weighted by molar-refractivity contribution is -0.164. The zero-order valence-corrected chi connectivity index (χ0v) is 26.1. The molecule has 1 aromatic heterocycles. The quantitative estimate of drug-likeness (QED) is 0.152. The van der Waals surface area contributed by atoms with Crippen LogP contribution in [0.2, 0.25) is 18.1 Å². The van der Waals surface area contributed by atoms with E-state index in [1.807, 2.05) is 42.4 Å². The van der Waals surface area contributed by atoms with Crippen molar-refractivity contribution in [3.8, 4) is 0 Å². The number of carbonyl (C=O) groups excluding carboxylic acids is 1. The average molecular weight is 570 g/mol. The van der Waals surface area contributed by atoms with E-state index in [1.165, 1.54) is 0 Å². The first kappa shape index (κ1) is 28.4. The maximum Gasteiger partial charge on any atom is 0.232 e. The molecule has 5 rings (SSSR count). The van der Waals surface area contributed by atoms with Crippen molar-refractivity contribution in [2.24, 2.45) is 7.05 Å². The fraction of sp³-hybridized carbons (Fsp3) is 0.333. The molecule has 3 aromatic carbocycles. The monoisotopic (exact) mass is 569 g/mol. The van der Waals surface area contributed by atoms with Crippen LogP contribution in [0.15, 0.2) is 103 Å². The summed E-state index contributed by atoms with van der Waals surface area (Å²) in [7, 11) is 0.00382. The van der Waals surface area contributed by atoms with E-state index in [9.17, 15) is 9.90 Å². The average Bonchev–Trinajstić information content (AvgIpc) is 3.38. The number of β-lactam (4-membered cyclic amide) rings is 1. The summed E-state index contributed by atoms with van der Waals surface area (Å²) >= 11 is 1.79. The van der Waals surface area contributed by atoms with Gasteiger partial charge in [0.2, 0.25) is 5.91 Å². The highest BCUT2D eigenvalue weighted by Gasteiger charge is 2.70. The largest absolute Gasteiger partial charge is 0.386 e. The summed E-state index contributed by atoms with van der Waals surface area (Å²) in [5.41, 5.74) is 3.54. The first-order valence-electron chi connectivity index (χ1n) is 13.9. The molecule has 0 radical (unpaired) electrons. The van der Waals surface area contributed by atoms with E-state index >= 15 is 0 Å². The van der Waals surface area contributed by atoms with Crippen LogP contribution in [0.4, 0.5) is 0 Å². The zero-order valence-electron chi connectivity index (χ0n) is 24.2. The van der Waals surface area contributed by atoms with Crippen LogP contribution in [0.5, 0.6) is 0 Å². The Balaban J connectivity index is 1.79. The summed E-state index contributed by atoms with van der Waals surface area (Å²) in [4.78, 5) is 16.5. The fourth-order valence-corrected chi connectivity index (χ4v) is 11.5. The number of aryl methyl sites for hydroxylation is 1. The highest BCUT2D eigenvalue weighted by molar-refractivity contribution is 8.01. The lowest BCUT2D eigenvalue weighted by Gasteiger charge is -2.64. The molecule has 0 saturated carbocycles. The van der Waals surface area contributed by atoms with Crippen LogP contribution in [-0.2, 0) is 16.6 Å². The highest BCUT2D eigenvalue weighted by Crippen LogP contribution is 2.66. The van der Waals surface area contributed by atoms with Crippen molar-refractivity contribution in [1.82, 2.24) is 14.7 Å². The number of aliphatic hydroxyl groups is 1. The molecule has 3 unspecified atom stereocenters. The van der Waals surface area contributed by atoms with Crippen LogP contribution in [0.1, 0.15) is 49.3 Å². The molecule has 1 aliphatic rings. The molecule has 1 fully saturated rings. The molecule has 1 aliphatic heterocycles. The number of aliphatic hydroxyl groups excluding tert-OH is 1. The van der Waals surface area contributed by atoms with Crippen molar-refractivity contribution in [1.29, 1.82) is 0 Å². The SMILES string of the molecule is Cn1ccc(C(O)C2([SiH](C)C)C(=O)N(C(C)(C)C)C2SC(c2ccccc2)(c2ccccc2)c2ccccc2)n1. The summed E-state index contributed by atoms with van der Waals surface area (Å²) in [5, 5.41) is 15.5. The van der Waals surface area contributed by atoms with Crippen molar-refractivity contribution in [3.63, 3.8) is 0 Å². The Bertz CT molecular complexity index is 1360. The number of likely N-dealkylation sites (tertiary alicyclic amines) is 1. The van der Waals surface area contributed by atoms with Gasteiger partial charge < -0.3 is 10.0 Å². The smallest absolute Gasteiger partial charge is 0.232 e. The Kier molecular flexibility index (Phi) is 7.59. The topological polar surface area (TPSA) is 58.4 Å². The number of hydrogen-bond donors (Lipinski definition) is 1. The zero-order chi connectivity index (χ0) is 28.7. The second kappa shape index (κ2) is 10.7. The van der Waals surface area contributed by atoms with Crippen LogP contribution >= 0.6 is 11.8 Å². The first-order valence-corrected chi connectivity index (χ1v) is 17.7. The van der Waals surface area contributed by atoms with Crippen LogP contribution in [0, 0.1) is 0 Å². The number of aromatic nitrogens is 2. The second-order valence-corrected chi connectivity index (χ2v) is 16.6. The summed E-state index contributed by atoms with van der Waals surface area (Å²) in [5.74, 6) is 0.0282. The van der Waals surface area contributed by atoms with E-state index in [4.69, 9.17) is 0 Å². The van der Waals surface area contributed by atoms with Crippen LogP contribution in [0.25, 0.3) is 0 Å². The number of nitrogens with zero attached hydrogens (tertiary/aromatic N) is 3.